The Hall–Kier alpha value is -4.03. The lowest BCUT2D eigenvalue weighted by Gasteiger charge is -2.25. The predicted molar refractivity (Wildman–Crippen MR) is 155 cm³/mol. The van der Waals surface area contributed by atoms with Crippen LogP contribution in [0.2, 0.25) is 0 Å². The van der Waals surface area contributed by atoms with E-state index in [1.807, 2.05) is 0 Å². The van der Waals surface area contributed by atoms with E-state index in [4.69, 9.17) is 18.9 Å². The maximum absolute atomic E-state index is 14.0. The van der Waals surface area contributed by atoms with Crippen LogP contribution in [0.25, 0.3) is 6.08 Å². The summed E-state index contributed by atoms with van der Waals surface area (Å²) < 4.78 is 24.2. The number of benzene rings is 2. The van der Waals surface area contributed by atoms with Gasteiger partial charge in [-0.3, -0.25) is 19.0 Å². The van der Waals surface area contributed by atoms with Gasteiger partial charge in [-0.25, -0.2) is 9.79 Å². The van der Waals surface area contributed by atoms with Crippen molar-refractivity contribution in [2.45, 2.75) is 40.7 Å². The largest absolute Gasteiger partial charge is 0.490 e. The van der Waals surface area contributed by atoms with Crippen LogP contribution in [0.5, 0.6) is 17.2 Å². The van der Waals surface area contributed by atoms with E-state index >= 15 is 0 Å². The van der Waals surface area contributed by atoms with Crippen molar-refractivity contribution < 1.29 is 33.3 Å². The van der Waals surface area contributed by atoms with Gasteiger partial charge >= 0.3 is 17.9 Å². The average molecular weight is 644 g/mol. The highest BCUT2D eigenvalue weighted by Crippen LogP contribution is 2.36. The van der Waals surface area contributed by atoms with E-state index in [-0.39, 0.29) is 36.0 Å². The third-order valence-electron chi connectivity index (χ3n) is 5.87. The van der Waals surface area contributed by atoms with Gasteiger partial charge in [0.2, 0.25) is 0 Å². The predicted octanol–water partition coefficient (Wildman–Crippen LogP) is 3.81. The van der Waals surface area contributed by atoms with Gasteiger partial charge in [-0.1, -0.05) is 33.3 Å². The highest BCUT2D eigenvalue weighted by atomic mass is 79.9. The minimum absolute atomic E-state index is 0.129. The molecule has 41 heavy (non-hydrogen) atoms. The van der Waals surface area contributed by atoms with E-state index < -0.39 is 29.5 Å². The zero-order chi connectivity index (χ0) is 29.8. The summed E-state index contributed by atoms with van der Waals surface area (Å²) in [4.78, 5) is 55.4. The molecule has 1 aliphatic heterocycles. The zero-order valence-electron chi connectivity index (χ0n) is 23.0. The third-order valence-corrected chi connectivity index (χ3v) is 7.34. The van der Waals surface area contributed by atoms with Crippen LogP contribution in [0.4, 0.5) is 0 Å². The first-order chi connectivity index (χ1) is 19.5. The lowest BCUT2D eigenvalue weighted by molar-refractivity contribution is -0.139. The molecule has 3 aromatic rings. The van der Waals surface area contributed by atoms with Crippen LogP contribution < -0.4 is 29.1 Å². The quantitative estimate of drug-likeness (QED) is 0.269. The van der Waals surface area contributed by atoms with Gasteiger partial charge in [-0.15, -0.1) is 0 Å². The summed E-state index contributed by atoms with van der Waals surface area (Å²) in [5.74, 6) is -0.856. The van der Waals surface area contributed by atoms with Gasteiger partial charge in [0.25, 0.3) is 5.56 Å². The van der Waals surface area contributed by atoms with Gasteiger partial charge in [-0.2, -0.15) is 0 Å². The summed E-state index contributed by atoms with van der Waals surface area (Å²) in [6.07, 6.45) is 1.61. The lowest BCUT2D eigenvalue weighted by Crippen LogP contribution is -2.40. The molecule has 0 saturated carbocycles. The first-order valence-electron chi connectivity index (χ1n) is 12.7. The third kappa shape index (κ3) is 6.49. The summed E-state index contributed by atoms with van der Waals surface area (Å²) in [5, 5.41) is 0. The van der Waals surface area contributed by atoms with Crippen LogP contribution in [-0.2, 0) is 19.1 Å². The molecular formula is C29H27BrN2O8S. The number of esters is 3. The van der Waals surface area contributed by atoms with Gasteiger partial charge in [0.1, 0.15) is 5.75 Å². The maximum Gasteiger partial charge on any atom is 0.338 e. The van der Waals surface area contributed by atoms with Crippen molar-refractivity contribution in [1.82, 2.24) is 4.57 Å². The minimum Gasteiger partial charge on any atom is -0.490 e. The van der Waals surface area contributed by atoms with Gasteiger partial charge in [-0.05, 0) is 62.7 Å². The number of allylic oxidation sites excluding steroid dienone is 1. The summed E-state index contributed by atoms with van der Waals surface area (Å²) in [5.41, 5.74) is 1.20. The molecule has 0 bridgehead atoms. The van der Waals surface area contributed by atoms with Gasteiger partial charge in [0.05, 0.1) is 35.1 Å². The lowest BCUT2D eigenvalue weighted by atomic mass is 9.95. The normalized spacial score (nSPS) is 14.7. The number of carbonyl (C=O) groups is 3. The van der Waals surface area contributed by atoms with Crippen molar-refractivity contribution in [3.63, 3.8) is 0 Å². The monoisotopic (exact) mass is 642 g/mol. The van der Waals surface area contributed by atoms with Crippen molar-refractivity contribution in [3.05, 3.63) is 83.0 Å². The fourth-order valence-corrected chi connectivity index (χ4v) is 5.75. The van der Waals surface area contributed by atoms with Gasteiger partial charge in [0, 0.05) is 23.9 Å². The van der Waals surface area contributed by atoms with Crippen LogP contribution >= 0.6 is 27.3 Å². The molecule has 0 spiro atoms. The number of hydrogen-bond acceptors (Lipinski definition) is 10. The smallest absolute Gasteiger partial charge is 0.338 e. The Kier molecular flexibility index (Phi) is 9.24. The Morgan fingerprint density at radius 3 is 2.34 bits per heavy atom. The maximum atomic E-state index is 14.0. The number of hydrogen-bond donors (Lipinski definition) is 0. The van der Waals surface area contributed by atoms with E-state index in [1.54, 1.807) is 63.2 Å². The molecule has 0 N–H and O–H groups in total. The van der Waals surface area contributed by atoms with Crippen LogP contribution in [0.3, 0.4) is 0 Å². The number of fused-ring (bicyclic) bond motifs is 1. The van der Waals surface area contributed by atoms with E-state index in [1.165, 1.54) is 18.4 Å². The molecule has 0 fully saturated rings. The Morgan fingerprint density at radius 1 is 1.00 bits per heavy atom. The molecular weight excluding hydrogens is 616 g/mol. The minimum atomic E-state index is -0.909. The number of aromatic nitrogens is 1. The highest BCUT2D eigenvalue weighted by Gasteiger charge is 2.34. The Bertz CT molecular complexity index is 1750. The van der Waals surface area contributed by atoms with Crippen molar-refractivity contribution >= 4 is 51.3 Å². The number of rotatable bonds is 8. The molecule has 214 valence electrons. The fraction of sp³-hybridized carbons (Fsp3) is 0.276. The molecule has 0 amide bonds. The number of halogens is 1. The van der Waals surface area contributed by atoms with E-state index in [2.05, 4.69) is 20.9 Å². The molecule has 0 radical (unpaired) electrons. The first-order valence-corrected chi connectivity index (χ1v) is 14.3. The second-order valence-corrected chi connectivity index (χ2v) is 10.7. The van der Waals surface area contributed by atoms with Gasteiger partial charge < -0.3 is 18.9 Å². The number of thiazole rings is 1. The summed E-state index contributed by atoms with van der Waals surface area (Å²) in [7, 11) is 0. The second kappa shape index (κ2) is 12.6. The standard InChI is InChI=1S/C29H27BrN2O8S/c1-6-37-23-13-18(8-10-22(23)40-17(5)34)26-25(28(36)38-7-2)15(3)31-29-32(26)27(35)24(41-29)14-19-12-20(30)9-11-21(19)39-16(4)33/h8-14,26H,6-7H2,1-5H3/b24-14+. The van der Waals surface area contributed by atoms with E-state index in [0.29, 0.717) is 26.2 Å². The first kappa shape index (κ1) is 29.9. The number of ether oxygens (including phenoxy) is 4. The summed E-state index contributed by atoms with van der Waals surface area (Å²) in [6, 6.07) is 9.02. The zero-order valence-corrected chi connectivity index (χ0v) is 25.4. The Morgan fingerprint density at radius 2 is 1.68 bits per heavy atom. The molecule has 1 aromatic heterocycles. The van der Waals surface area contributed by atoms with Crippen molar-refractivity contribution in [1.29, 1.82) is 0 Å². The summed E-state index contributed by atoms with van der Waals surface area (Å²) >= 11 is 4.55. The topological polar surface area (TPSA) is 122 Å². The van der Waals surface area contributed by atoms with E-state index in [9.17, 15) is 19.2 Å². The molecule has 1 atom stereocenters. The summed E-state index contributed by atoms with van der Waals surface area (Å²) in [6.45, 7) is 8.15. The van der Waals surface area contributed by atoms with Crippen molar-refractivity contribution in [2.75, 3.05) is 13.2 Å². The van der Waals surface area contributed by atoms with Crippen LogP contribution in [0.1, 0.15) is 51.8 Å². The molecule has 1 aliphatic rings. The SMILES string of the molecule is CCOC(=O)C1=C(C)N=c2s/c(=C/c3cc(Br)ccc3OC(C)=O)c(=O)n2C1c1ccc(OC(C)=O)c(OCC)c1. The molecule has 10 nitrogen and oxygen atoms in total. The highest BCUT2D eigenvalue weighted by molar-refractivity contribution is 9.10. The van der Waals surface area contributed by atoms with Crippen molar-refractivity contribution in [3.8, 4) is 17.2 Å². The fourth-order valence-electron chi connectivity index (χ4n) is 4.33. The Balaban J connectivity index is 1.97. The molecule has 2 aromatic carbocycles. The molecule has 2 heterocycles. The molecule has 0 saturated heterocycles. The van der Waals surface area contributed by atoms with Crippen molar-refractivity contribution in [2.24, 2.45) is 4.99 Å². The molecule has 1 unspecified atom stereocenters. The molecule has 0 aliphatic carbocycles. The van der Waals surface area contributed by atoms with Gasteiger partial charge in [0.15, 0.2) is 16.3 Å². The van der Waals surface area contributed by atoms with Crippen LogP contribution in [0, 0.1) is 0 Å². The second-order valence-electron chi connectivity index (χ2n) is 8.81. The number of nitrogens with zero attached hydrogens (tertiary/aromatic N) is 2. The molecule has 4 rings (SSSR count). The average Bonchev–Trinajstić information content (AvgIpc) is 3.19. The van der Waals surface area contributed by atoms with Crippen LogP contribution in [-0.4, -0.2) is 35.7 Å². The van der Waals surface area contributed by atoms with Crippen LogP contribution in [0.15, 0.2) is 61.9 Å². The number of carbonyl (C=O) groups excluding carboxylic acids is 3. The molecule has 12 heteroatoms. The Labute approximate surface area is 247 Å². The van der Waals surface area contributed by atoms with E-state index in [0.717, 1.165) is 15.8 Å².